The molecule has 1 fully saturated rings. The minimum atomic E-state index is 0.280. The Labute approximate surface area is 111 Å². The maximum Gasteiger partial charge on any atom is 0.223 e. The first-order valence-corrected chi connectivity index (χ1v) is 7.06. The molecule has 1 aromatic carbocycles. The lowest BCUT2D eigenvalue weighted by atomic mass is 9.93. The highest BCUT2D eigenvalue weighted by Gasteiger charge is 2.30. The van der Waals surface area contributed by atoms with E-state index in [9.17, 15) is 4.79 Å². The molecule has 18 heavy (non-hydrogen) atoms. The number of hydrogen-bond donors (Lipinski definition) is 0. The van der Waals surface area contributed by atoms with Crippen LogP contribution in [0.2, 0.25) is 0 Å². The van der Waals surface area contributed by atoms with Crippen LogP contribution < -0.4 is 0 Å². The Balaban J connectivity index is 0.000000771. The number of piperidine rings is 1. The van der Waals surface area contributed by atoms with Crippen LogP contribution in [0, 0.1) is 0 Å². The summed E-state index contributed by atoms with van der Waals surface area (Å²) < 4.78 is 0. The largest absolute Gasteiger partial charge is 0.333 e. The molecule has 0 bridgehead atoms. The van der Waals surface area contributed by atoms with Crippen molar-refractivity contribution in [2.24, 2.45) is 0 Å². The van der Waals surface area contributed by atoms with E-state index in [0.717, 1.165) is 12.8 Å². The highest BCUT2D eigenvalue weighted by Crippen LogP contribution is 2.32. The first-order chi connectivity index (χ1) is 8.70. The predicted octanol–water partition coefficient (Wildman–Crippen LogP) is 4.17. The molecule has 0 aliphatic carbocycles. The van der Waals surface area contributed by atoms with Gasteiger partial charge in [0.25, 0.3) is 0 Å². The monoisotopic (exact) mass is 247 g/mol. The van der Waals surface area contributed by atoms with Gasteiger partial charge in [-0.05, 0) is 32.3 Å². The molecule has 1 saturated heterocycles. The van der Waals surface area contributed by atoms with Crippen LogP contribution in [0.25, 0.3) is 0 Å². The Hall–Kier alpha value is -1.31. The number of nitrogens with zero attached hydrogens (tertiary/aromatic N) is 1. The molecule has 0 N–H and O–H groups in total. The van der Waals surface area contributed by atoms with E-state index in [-0.39, 0.29) is 12.1 Å². The van der Waals surface area contributed by atoms with Crippen LogP contribution >= 0.6 is 0 Å². The van der Waals surface area contributed by atoms with Crippen molar-refractivity contribution >= 4 is 5.91 Å². The molecule has 1 heterocycles. The van der Waals surface area contributed by atoms with Gasteiger partial charge in [0.1, 0.15) is 0 Å². The van der Waals surface area contributed by atoms with E-state index < -0.39 is 0 Å². The first-order valence-electron chi connectivity index (χ1n) is 7.06. The summed E-state index contributed by atoms with van der Waals surface area (Å²) in [5.74, 6) is 0.301. The third-order valence-corrected chi connectivity index (χ3v) is 3.23. The molecule has 2 nitrogen and oxygen atoms in total. The van der Waals surface area contributed by atoms with Crippen LogP contribution in [0.3, 0.4) is 0 Å². The summed E-state index contributed by atoms with van der Waals surface area (Å²) in [5.41, 5.74) is 1.27. The third kappa shape index (κ3) is 3.34. The second-order valence-electron chi connectivity index (χ2n) is 4.71. The fraction of sp³-hybridized carbons (Fsp3) is 0.562. The molecule has 0 saturated carbocycles. The van der Waals surface area contributed by atoms with E-state index in [1.165, 1.54) is 5.56 Å². The SMILES string of the molecule is CC.CC(C)N1C(=O)CCCC1c1ccccc1. The molecular weight excluding hydrogens is 222 g/mol. The maximum atomic E-state index is 11.9. The Kier molecular flexibility index (Phi) is 5.90. The smallest absolute Gasteiger partial charge is 0.223 e. The molecule has 0 aromatic heterocycles. The number of carbonyl (C=O) groups excluding carboxylic acids is 1. The average molecular weight is 247 g/mol. The van der Waals surface area contributed by atoms with Gasteiger partial charge in [0.05, 0.1) is 6.04 Å². The summed E-state index contributed by atoms with van der Waals surface area (Å²) >= 11 is 0. The standard InChI is InChI=1S/C14H19NO.C2H6/c1-11(2)15-13(9-6-10-14(15)16)12-7-4-3-5-8-12;1-2/h3-5,7-8,11,13H,6,9-10H2,1-2H3;1-2H3. The molecule has 0 radical (unpaired) electrons. The van der Waals surface area contributed by atoms with Gasteiger partial charge in [-0.1, -0.05) is 44.2 Å². The summed E-state index contributed by atoms with van der Waals surface area (Å²) in [6, 6.07) is 10.9. The highest BCUT2D eigenvalue weighted by molar-refractivity contribution is 5.77. The normalized spacial score (nSPS) is 19.5. The van der Waals surface area contributed by atoms with Gasteiger partial charge in [-0.3, -0.25) is 4.79 Å². The van der Waals surface area contributed by atoms with E-state index >= 15 is 0 Å². The van der Waals surface area contributed by atoms with Crippen molar-refractivity contribution in [2.45, 2.75) is 59.0 Å². The quantitative estimate of drug-likeness (QED) is 0.768. The van der Waals surface area contributed by atoms with E-state index in [1.807, 2.05) is 36.9 Å². The molecule has 0 spiro atoms. The molecule has 100 valence electrons. The van der Waals surface area contributed by atoms with Gasteiger partial charge in [-0.15, -0.1) is 0 Å². The lowest BCUT2D eigenvalue weighted by Crippen LogP contribution is -2.42. The molecule has 2 heteroatoms. The van der Waals surface area contributed by atoms with Crippen molar-refractivity contribution in [3.05, 3.63) is 35.9 Å². The van der Waals surface area contributed by atoms with Crippen LogP contribution in [0.5, 0.6) is 0 Å². The summed E-state index contributed by atoms with van der Waals surface area (Å²) in [7, 11) is 0. The van der Waals surface area contributed by atoms with Gasteiger partial charge in [0.2, 0.25) is 5.91 Å². The van der Waals surface area contributed by atoms with Crippen molar-refractivity contribution in [1.29, 1.82) is 0 Å². The Morgan fingerprint density at radius 2 is 1.78 bits per heavy atom. The van der Waals surface area contributed by atoms with Gasteiger partial charge in [0.15, 0.2) is 0 Å². The summed E-state index contributed by atoms with van der Waals surface area (Å²) in [4.78, 5) is 14.0. The molecule has 2 rings (SSSR count). The fourth-order valence-corrected chi connectivity index (χ4v) is 2.54. The number of benzene rings is 1. The van der Waals surface area contributed by atoms with Gasteiger partial charge < -0.3 is 4.90 Å². The zero-order valence-corrected chi connectivity index (χ0v) is 12.0. The molecule has 1 atom stereocenters. The number of amides is 1. The minimum absolute atomic E-state index is 0.280. The second-order valence-corrected chi connectivity index (χ2v) is 4.71. The number of carbonyl (C=O) groups is 1. The third-order valence-electron chi connectivity index (χ3n) is 3.23. The Morgan fingerprint density at radius 3 is 2.33 bits per heavy atom. The van der Waals surface area contributed by atoms with E-state index in [4.69, 9.17) is 0 Å². The van der Waals surface area contributed by atoms with Crippen LogP contribution in [0.4, 0.5) is 0 Å². The average Bonchev–Trinajstić information content (AvgIpc) is 2.41. The second kappa shape index (κ2) is 7.20. The lowest BCUT2D eigenvalue weighted by Gasteiger charge is -2.39. The first kappa shape index (κ1) is 14.7. The summed E-state index contributed by atoms with van der Waals surface area (Å²) in [6.07, 6.45) is 2.82. The van der Waals surface area contributed by atoms with E-state index in [1.54, 1.807) is 0 Å². The van der Waals surface area contributed by atoms with Crippen LogP contribution in [0.15, 0.2) is 30.3 Å². The predicted molar refractivity (Wildman–Crippen MR) is 76.4 cm³/mol. The van der Waals surface area contributed by atoms with Crippen molar-refractivity contribution in [1.82, 2.24) is 4.90 Å². The highest BCUT2D eigenvalue weighted by atomic mass is 16.2. The minimum Gasteiger partial charge on any atom is -0.333 e. The Bertz CT molecular complexity index is 359. The summed E-state index contributed by atoms with van der Waals surface area (Å²) in [6.45, 7) is 8.19. The zero-order valence-electron chi connectivity index (χ0n) is 12.0. The molecule has 1 unspecified atom stereocenters. The maximum absolute atomic E-state index is 11.9. The van der Waals surface area contributed by atoms with Crippen LogP contribution in [0.1, 0.15) is 58.6 Å². The fourth-order valence-electron chi connectivity index (χ4n) is 2.54. The van der Waals surface area contributed by atoms with E-state index in [2.05, 4.69) is 26.0 Å². The molecule has 1 aromatic rings. The van der Waals surface area contributed by atoms with E-state index in [0.29, 0.717) is 12.3 Å². The van der Waals surface area contributed by atoms with Crippen LogP contribution in [-0.4, -0.2) is 16.8 Å². The van der Waals surface area contributed by atoms with Crippen molar-refractivity contribution < 1.29 is 4.79 Å². The molecule has 1 aliphatic rings. The van der Waals surface area contributed by atoms with Gasteiger partial charge in [-0.25, -0.2) is 0 Å². The lowest BCUT2D eigenvalue weighted by molar-refractivity contribution is -0.138. The summed E-state index contributed by atoms with van der Waals surface area (Å²) in [5, 5.41) is 0. The van der Waals surface area contributed by atoms with Crippen molar-refractivity contribution in [2.75, 3.05) is 0 Å². The molecule has 1 aliphatic heterocycles. The van der Waals surface area contributed by atoms with Crippen LogP contribution in [-0.2, 0) is 4.79 Å². The molecule has 1 amide bonds. The van der Waals surface area contributed by atoms with Gasteiger partial charge in [0, 0.05) is 12.5 Å². The zero-order chi connectivity index (χ0) is 13.5. The topological polar surface area (TPSA) is 20.3 Å². The van der Waals surface area contributed by atoms with Crippen molar-refractivity contribution in [3.8, 4) is 0 Å². The van der Waals surface area contributed by atoms with Crippen molar-refractivity contribution in [3.63, 3.8) is 0 Å². The number of rotatable bonds is 2. The number of likely N-dealkylation sites (tertiary alicyclic amines) is 1. The molecular formula is C16H25NO. The van der Waals surface area contributed by atoms with Gasteiger partial charge >= 0.3 is 0 Å². The van der Waals surface area contributed by atoms with Gasteiger partial charge in [-0.2, -0.15) is 0 Å². The number of hydrogen-bond acceptors (Lipinski definition) is 1. The Morgan fingerprint density at radius 1 is 1.17 bits per heavy atom.